The van der Waals surface area contributed by atoms with E-state index < -0.39 is 0 Å². The molecular weight excluding hydrogens is 218 g/mol. The molecule has 0 aliphatic heterocycles. The van der Waals surface area contributed by atoms with Crippen LogP contribution in [0.4, 0.5) is 0 Å². The molecule has 0 aromatic heterocycles. The number of halogens is 1. The van der Waals surface area contributed by atoms with Gasteiger partial charge in [-0.05, 0) is 43.9 Å². The van der Waals surface area contributed by atoms with E-state index in [-0.39, 0.29) is 0 Å². The number of hydrogen-bond acceptors (Lipinski definition) is 1. The van der Waals surface area contributed by atoms with Crippen molar-refractivity contribution < 1.29 is 0 Å². The molecule has 0 amide bonds. The topological polar surface area (TPSA) is 12.0 Å². The van der Waals surface area contributed by atoms with Crippen LogP contribution in [0.3, 0.4) is 0 Å². The van der Waals surface area contributed by atoms with Crippen LogP contribution in [-0.2, 0) is 0 Å². The van der Waals surface area contributed by atoms with Gasteiger partial charge in [0.2, 0.25) is 0 Å². The van der Waals surface area contributed by atoms with Crippen LogP contribution in [0, 0.1) is 12.8 Å². The molecule has 2 heteroatoms. The van der Waals surface area contributed by atoms with Gasteiger partial charge in [-0.25, -0.2) is 0 Å². The molecule has 0 bridgehead atoms. The van der Waals surface area contributed by atoms with Gasteiger partial charge in [-0.1, -0.05) is 43.6 Å². The van der Waals surface area contributed by atoms with Crippen molar-refractivity contribution in [1.29, 1.82) is 0 Å². The average Bonchev–Trinajstić information content (AvgIpc) is 2.24. The molecule has 1 N–H and O–H groups in total. The molecular formula is C14H22ClN. The largest absolute Gasteiger partial charge is 0.313 e. The molecule has 0 saturated heterocycles. The first-order valence-electron chi connectivity index (χ1n) is 5.98. The van der Waals surface area contributed by atoms with Crippen LogP contribution in [-0.4, -0.2) is 7.05 Å². The van der Waals surface area contributed by atoms with E-state index in [0.717, 1.165) is 22.9 Å². The Kier molecular flexibility index (Phi) is 5.30. The van der Waals surface area contributed by atoms with Crippen LogP contribution in [0.15, 0.2) is 18.2 Å². The molecule has 1 aromatic rings. The minimum Gasteiger partial charge on any atom is -0.313 e. The van der Waals surface area contributed by atoms with Crippen molar-refractivity contribution in [1.82, 2.24) is 5.32 Å². The second-order valence-electron chi connectivity index (χ2n) is 4.79. The third-order valence-corrected chi connectivity index (χ3v) is 3.49. The Labute approximate surface area is 104 Å². The maximum Gasteiger partial charge on any atom is 0.0482 e. The zero-order valence-corrected chi connectivity index (χ0v) is 11.4. The number of benzene rings is 1. The highest BCUT2D eigenvalue weighted by molar-refractivity contribution is 6.32. The van der Waals surface area contributed by atoms with Gasteiger partial charge in [0.1, 0.15) is 0 Å². The molecule has 1 rings (SSSR count). The molecule has 1 unspecified atom stereocenters. The summed E-state index contributed by atoms with van der Waals surface area (Å²) in [5, 5.41) is 4.27. The second-order valence-corrected chi connectivity index (χ2v) is 5.17. The average molecular weight is 240 g/mol. The second kappa shape index (κ2) is 6.27. The van der Waals surface area contributed by atoms with Gasteiger partial charge >= 0.3 is 0 Å². The Morgan fingerprint density at radius 1 is 1.25 bits per heavy atom. The van der Waals surface area contributed by atoms with Crippen molar-refractivity contribution >= 4 is 11.6 Å². The van der Waals surface area contributed by atoms with Crippen LogP contribution < -0.4 is 5.32 Å². The van der Waals surface area contributed by atoms with Crippen LogP contribution >= 0.6 is 11.6 Å². The summed E-state index contributed by atoms with van der Waals surface area (Å²) < 4.78 is 0. The monoisotopic (exact) mass is 239 g/mol. The molecule has 0 radical (unpaired) electrons. The van der Waals surface area contributed by atoms with Crippen molar-refractivity contribution in [2.75, 3.05) is 7.05 Å². The Hall–Kier alpha value is -0.530. The number of nitrogens with one attached hydrogen (secondary N) is 1. The molecule has 0 spiro atoms. The predicted molar refractivity (Wildman–Crippen MR) is 72.1 cm³/mol. The molecule has 0 aliphatic rings. The number of rotatable bonds is 5. The first-order valence-corrected chi connectivity index (χ1v) is 6.36. The fourth-order valence-corrected chi connectivity index (χ4v) is 2.15. The summed E-state index contributed by atoms with van der Waals surface area (Å²) in [5.41, 5.74) is 2.38. The maximum absolute atomic E-state index is 6.34. The van der Waals surface area contributed by atoms with Crippen LogP contribution in [0.5, 0.6) is 0 Å². The Morgan fingerprint density at radius 2 is 1.94 bits per heavy atom. The van der Waals surface area contributed by atoms with Gasteiger partial charge in [0.15, 0.2) is 0 Å². The standard InChI is InChI=1S/C14H22ClN/c1-10(2)8-9-13(16-4)12-7-5-6-11(3)14(12)15/h5-7,10,13,16H,8-9H2,1-4H3. The summed E-state index contributed by atoms with van der Waals surface area (Å²) in [6.07, 6.45) is 2.35. The highest BCUT2D eigenvalue weighted by atomic mass is 35.5. The molecule has 16 heavy (non-hydrogen) atoms. The summed E-state index contributed by atoms with van der Waals surface area (Å²) in [5.74, 6) is 0.736. The SMILES string of the molecule is CNC(CCC(C)C)c1cccc(C)c1Cl. The molecule has 0 fully saturated rings. The zero-order valence-electron chi connectivity index (χ0n) is 10.7. The Balaban J connectivity index is 2.82. The lowest BCUT2D eigenvalue weighted by atomic mass is 9.96. The van der Waals surface area contributed by atoms with Crippen LogP contribution in [0.1, 0.15) is 43.9 Å². The lowest BCUT2D eigenvalue weighted by molar-refractivity contribution is 0.465. The van der Waals surface area contributed by atoms with Gasteiger partial charge in [0.25, 0.3) is 0 Å². The third kappa shape index (κ3) is 3.50. The smallest absolute Gasteiger partial charge is 0.0482 e. The van der Waals surface area contributed by atoms with Crippen molar-refractivity contribution in [2.45, 2.75) is 39.7 Å². The Bertz CT molecular complexity index is 334. The van der Waals surface area contributed by atoms with Crippen molar-refractivity contribution in [3.8, 4) is 0 Å². The van der Waals surface area contributed by atoms with Crippen molar-refractivity contribution in [3.63, 3.8) is 0 Å². The number of hydrogen-bond donors (Lipinski definition) is 1. The van der Waals surface area contributed by atoms with E-state index in [0.29, 0.717) is 6.04 Å². The van der Waals surface area contributed by atoms with Crippen molar-refractivity contribution in [3.05, 3.63) is 34.3 Å². The van der Waals surface area contributed by atoms with E-state index in [9.17, 15) is 0 Å². The maximum atomic E-state index is 6.34. The van der Waals surface area contributed by atoms with E-state index in [2.05, 4.69) is 44.3 Å². The third-order valence-electron chi connectivity index (χ3n) is 2.98. The summed E-state index contributed by atoms with van der Waals surface area (Å²) >= 11 is 6.34. The van der Waals surface area contributed by atoms with E-state index >= 15 is 0 Å². The molecule has 1 atom stereocenters. The van der Waals surface area contributed by atoms with Gasteiger partial charge in [-0.2, -0.15) is 0 Å². The summed E-state index contributed by atoms with van der Waals surface area (Å²) in [6.45, 7) is 6.57. The van der Waals surface area contributed by atoms with Gasteiger partial charge < -0.3 is 5.32 Å². The summed E-state index contributed by atoms with van der Waals surface area (Å²) in [6, 6.07) is 6.63. The van der Waals surface area contributed by atoms with Gasteiger partial charge in [-0.15, -0.1) is 0 Å². The fraction of sp³-hybridized carbons (Fsp3) is 0.571. The van der Waals surface area contributed by atoms with E-state index in [1.165, 1.54) is 12.0 Å². The van der Waals surface area contributed by atoms with Crippen LogP contribution in [0.25, 0.3) is 0 Å². The van der Waals surface area contributed by atoms with Crippen molar-refractivity contribution in [2.24, 2.45) is 5.92 Å². The Morgan fingerprint density at radius 3 is 2.50 bits per heavy atom. The van der Waals surface area contributed by atoms with E-state index in [4.69, 9.17) is 11.6 Å². The van der Waals surface area contributed by atoms with Gasteiger partial charge in [-0.3, -0.25) is 0 Å². The predicted octanol–water partition coefficient (Wildman–Crippen LogP) is 4.35. The zero-order chi connectivity index (χ0) is 12.1. The summed E-state index contributed by atoms with van der Waals surface area (Å²) in [7, 11) is 2.00. The van der Waals surface area contributed by atoms with Gasteiger partial charge in [0.05, 0.1) is 0 Å². The van der Waals surface area contributed by atoms with Crippen LogP contribution in [0.2, 0.25) is 5.02 Å². The quantitative estimate of drug-likeness (QED) is 0.806. The molecule has 0 saturated carbocycles. The molecule has 0 heterocycles. The lowest BCUT2D eigenvalue weighted by Gasteiger charge is -2.19. The lowest BCUT2D eigenvalue weighted by Crippen LogP contribution is -2.17. The summed E-state index contributed by atoms with van der Waals surface area (Å²) in [4.78, 5) is 0. The molecule has 0 aliphatic carbocycles. The highest BCUT2D eigenvalue weighted by Crippen LogP contribution is 2.29. The van der Waals surface area contributed by atoms with E-state index in [1.54, 1.807) is 0 Å². The normalized spacial score (nSPS) is 13.1. The minimum absolute atomic E-state index is 0.370. The first kappa shape index (κ1) is 13.5. The first-order chi connectivity index (χ1) is 7.56. The highest BCUT2D eigenvalue weighted by Gasteiger charge is 2.14. The molecule has 1 nitrogen and oxygen atoms in total. The fourth-order valence-electron chi connectivity index (χ4n) is 1.89. The van der Waals surface area contributed by atoms with Gasteiger partial charge in [0, 0.05) is 11.1 Å². The van der Waals surface area contributed by atoms with E-state index in [1.807, 2.05) is 7.05 Å². The number of aryl methyl sites for hydroxylation is 1. The molecule has 90 valence electrons. The minimum atomic E-state index is 0.370. The molecule has 1 aromatic carbocycles.